The van der Waals surface area contributed by atoms with Gasteiger partial charge in [0.15, 0.2) is 0 Å². The van der Waals surface area contributed by atoms with Crippen LogP contribution in [0.15, 0.2) is 24.3 Å². The van der Waals surface area contributed by atoms with E-state index in [-0.39, 0.29) is 30.5 Å². The third kappa shape index (κ3) is 3.76. The largest absolute Gasteiger partial charge is 0.508 e. The highest BCUT2D eigenvalue weighted by Gasteiger charge is 2.15. The summed E-state index contributed by atoms with van der Waals surface area (Å²) in [5.41, 5.74) is 0.562. The zero-order valence-electron chi connectivity index (χ0n) is 10.9. The summed E-state index contributed by atoms with van der Waals surface area (Å²) in [7, 11) is 4.86. The van der Waals surface area contributed by atoms with Crippen LogP contribution in [0.25, 0.3) is 0 Å². The second-order valence-electron chi connectivity index (χ2n) is 4.34. The number of aromatic hydroxyl groups is 1. The summed E-state index contributed by atoms with van der Waals surface area (Å²) in [6.07, 6.45) is 0.0872. The van der Waals surface area contributed by atoms with E-state index >= 15 is 0 Å². The van der Waals surface area contributed by atoms with Gasteiger partial charge in [0.2, 0.25) is 11.8 Å². The Morgan fingerprint density at radius 3 is 2.28 bits per heavy atom. The van der Waals surface area contributed by atoms with Crippen LogP contribution in [0.3, 0.4) is 0 Å². The van der Waals surface area contributed by atoms with Crippen molar-refractivity contribution in [1.29, 1.82) is 0 Å². The van der Waals surface area contributed by atoms with Crippen LogP contribution < -0.4 is 0 Å². The number of para-hydroxylation sites is 1. The molecule has 0 fully saturated rings. The summed E-state index contributed by atoms with van der Waals surface area (Å²) in [5, 5.41) is 9.57. The molecule has 0 radical (unpaired) electrons. The molecule has 1 aromatic carbocycles. The monoisotopic (exact) mass is 250 g/mol. The number of carbonyl (C=O) groups excluding carboxylic acids is 2. The number of hydrogen-bond donors (Lipinski definition) is 1. The Kier molecular flexibility index (Phi) is 4.71. The van der Waals surface area contributed by atoms with Gasteiger partial charge in [-0.05, 0) is 6.07 Å². The van der Waals surface area contributed by atoms with Crippen LogP contribution in [0.5, 0.6) is 5.75 Å². The maximum Gasteiger partial charge on any atom is 0.241 e. The summed E-state index contributed by atoms with van der Waals surface area (Å²) < 4.78 is 0. The fraction of sp³-hybridized carbons (Fsp3) is 0.385. The van der Waals surface area contributed by atoms with Crippen molar-refractivity contribution in [3.63, 3.8) is 0 Å². The van der Waals surface area contributed by atoms with Gasteiger partial charge in [-0.15, -0.1) is 0 Å². The molecule has 0 unspecified atom stereocenters. The minimum absolute atomic E-state index is 0.0411. The Balaban J connectivity index is 2.61. The zero-order chi connectivity index (χ0) is 13.7. The van der Waals surface area contributed by atoms with E-state index in [2.05, 4.69) is 0 Å². The number of hydrogen-bond acceptors (Lipinski definition) is 3. The van der Waals surface area contributed by atoms with Crippen molar-refractivity contribution >= 4 is 11.8 Å². The summed E-state index contributed by atoms with van der Waals surface area (Å²) in [5.74, 6) is -0.243. The molecule has 0 aliphatic heterocycles. The lowest BCUT2D eigenvalue weighted by Gasteiger charge is -2.19. The van der Waals surface area contributed by atoms with Gasteiger partial charge in [-0.25, -0.2) is 0 Å². The highest BCUT2D eigenvalue weighted by Crippen LogP contribution is 2.16. The van der Waals surface area contributed by atoms with Crippen molar-refractivity contribution in [1.82, 2.24) is 9.80 Å². The first-order valence-electron chi connectivity index (χ1n) is 5.62. The Morgan fingerprint density at radius 1 is 1.11 bits per heavy atom. The molecule has 0 bridgehead atoms. The first kappa shape index (κ1) is 14.0. The van der Waals surface area contributed by atoms with Gasteiger partial charge in [-0.3, -0.25) is 9.59 Å². The van der Waals surface area contributed by atoms with Crippen LogP contribution >= 0.6 is 0 Å². The van der Waals surface area contributed by atoms with E-state index < -0.39 is 0 Å². The number of rotatable bonds is 4. The van der Waals surface area contributed by atoms with E-state index in [0.29, 0.717) is 5.56 Å². The molecule has 18 heavy (non-hydrogen) atoms. The van der Waals surface area contributed by atoms with Crippen LogP contribution in [0.2, 0.25) is 0 Å². The highest BCUT2D eigenvalue weighted by molar-refractivity contribution is 5.85. The zero-order valence-corrected chi connectivity index (χ0v) is 10.9. The third-order valence-corrected chi connectivity index (χ3v) is 2.63. The van der Waals surface area contributed by atoms with Crippen molar-refractivity contribution in [3.05, 3.63) is 29.8 Å². The van der Waals surface area contributed by atoms with Crippen LogP contribution in [0.1, 0.15) is 5.56 Å². The molecule has 5 heteroatoms. The van der Waals surface area contributed by atoms with E-state index in [4.69, 9.17) is 0 Å². The van der Waals surface area contributed by atoms with E-state index in [1.54, 1.807) is 39.3 Å². The summed E-state index contributed by atoms with van der Waals surface area (Å²) in [4.78, 5) is 26.1. The average Bonchev–Trinajstić information content (AvgIpc) is 2.31. The standard InChI is InChI=1S/C13H18N2O3/c1-14(2)13(18)9-15(3)12(17)8-10-6-4-5-7-11(10)16/h4-7,16H,8-9H2,1-3H3. The number of phenolic OH excluding ortho intramolecular Hbond substituents is 1. The van der Waals surface area contributed by atoms with Gasteiger partial charge in [-0.1, -0.05) is 18.2 Å². The number of carbonyl (C=O) groups is 2. The topological polar surface area (TPSA) is 60.9 Å². The Morgan fingerprint density at radius 2 is 1.72 bits per heavy atom. The molecule has 1 N–H and O–H groups in total. The van der Waals surface area contributed by atoms with Crippen LogP contribution in [-0.2, 0) is 16.0 Å². The number of likely N-dealkylation sites (N-methyl/N-ethyl adjacent to an activating group) is 2. The Labute approximate surface area is 107 Å². The third-order valence-electron chi connectivity index (χ3n) is 2.63. The normalized spacial score (nSPS) is 9.94. The molecule has 2 amide bonds. The van der Waals surface area contributed by atoms with Gasteiger partial charge in [0.1, 0.15) is 5.75 Å². The maximum absolute atomic E-state index is 11.9. The quantitative estimate of drug-likeness (QED) is 0.845. The van der Waals surface area contributed by atoms with Crippen molar-refractivity contribution in [3.8, 4) is 5.75 Å². The first-order valence-corrected chi connectivity index (χ1v) is 5.62. The molecule has 0 spiro atoms. The van der Waals surface area contributed by atoms with Gasteiger partial charge >= 0.3 is 0 Å². The summed E-state index contributed by atoms with van der Waals surface area (Å²) >= 11 is 0. The Hall–Kier alpha value is -2.04. The second-order valence-corrected chi connectivity index (χ2v) is 4.34. The molecule has 0 saturated heterocycles. The fourth-order valence-electron chi connectivity index (χ4n) is 1.39. The lowest BCUT2D eigenvalue weighted by Crippen LogP contribution is -2.38. The molecule has 0 aromatic heterocycles. The smallest absolute Gasteiger partial charge is 0.241 e. The molecule has 1 aromatic rings. The fourth-order valence-corrected chi connectivity index (χ4v) is 1.39. The van der Waals surface area contributed by atoms with Gasteiger partial charge in [0.25, 0.3) is 0 Å². The van der Waals surface area contributed by atoms with Crippen LogP contribution in [0.4, 0.5) is 0 Å². The first-order chi connectivity index (χ1) is 8.41. The molecule has 0 heterocycles. The molecule has 0 saturated carbocycles. The van der Waals surface area contributed by atoms with Gasteiger partial charge in [-0.2, -0.15) is 0 Å². The summed E-state index contributed by atoms with van der Waals surface area (Å²) in [6, 6.07) is 6.68. The van der Waals surface area contributed by atoms with Crippen molar-refractivity contribution in [2.75, 3.05) is 27.7 Å². The van der Waals surface area contributed by atoms with Gasteiger partial charge in [0.05, 0.1) is 13.0 Å². The summed E-state index contributed by atoms with van der Waals surface area (Å²) in [6.45, 7) is 0.0411. The van der Waals surface area contributed by atoms with Crippen molar-refractivity contribution in [2.24, 2.45) is 0 Å². The van der Waals surface area contributed by atoms with Crippen LogP contribution in [0, 0.1) is 0 Å². The molecule has 0 aliphatic rings. The van der Waals surface area contributed by atoms with Crippen molar-refractivity contribution < 1.29 is 14.7 Å². The van der Waals surface area contributed by atoms with E-state index in [1.807, 2.05) is 0 Å². The maximum atomic E-state index is 11.9. The second kappa shape index (κ2) is 6.05. The molecule has 98 valence electrons. The molecule has 0 aliphatic carbocycles. The SMILES string of the molecule is CN(C)C(=O)CN(C)C(=O)Cc1ccccc1O. The highest BCUT2D eigenvalue weighted by atomic mass is 16.3. The molecular weight excluding hydrogens is 232 g/mol. The van der Waals surface area contributed by atoms with E-state index in [1.165, 1.54) is 15.9 Å². The molecule has 5 nitrogen and oxygen atoms in total. The number of nitrogens with zero attached hydrogens (tertiary/aromatic N) is 2. The van der Waals surface area contributed by atoms with Crippen LogP contribution in [-0.4, -0.2) is 54.4 Å². The predicted octanol–water partition coefficient (Wildman–Crippen LogP) is 0.481. The predicted molar refractivity (Wildman–Crippen MR) is 68.1 cm³/mol. The average molecular weight is 250 g/mol. The number of phenols is 1. The van der Waals surface area contributed by atoms with Gasteiger partial charge < -0.3 is 14.9 Å². The molecule has 1 rings (SSSR count). The minimum Gasteiger partial charge on any atom is -0.508 e. The minimum atomic E-state index is -0.202. The lowest BCUT2D eigenvalue weighted by molar-refractivity contribution is -0.137. The lowest BCUT2D eigenvalue weighted by atomic mass is 10.1. The Bertz CT molecular complexity index is 444. The number of amides is 2. The number of benzene rings is 1. The van der Waals surface area contributed by atoms with Crippen molar-refractivity contribution in [2.45, 2.75) is 6.42 Å². The van der Waals surface area contributed by atoms with E-state index in [9.17, 15) is 14.7 Å². The molecular formula is C13H18N2O3. The van der Waals surface area contributed by atoms with Gasteiger partial charge in [0, 0.05) is 26.7 Å². The van der Waals surface area contributed by atoms with E-state index in [0.717, 1.165) is 0 Å². The molecule has 0 atom stereocenters.